The second-order valence-electron chi connectivity index (χ2n) is 6.79. The minimum Gasteiger partial charge on any atom is -0.497 e. The summed E-state index contributed by atoms with van der Waals surface area (Å²) in [6.45, 7) is 7.31. The average Bonchev–Trinajstić information content (AvgIpc) is 3.26. The first-order chi connectivity index (χ1) is 14.5. The molecule has 1 saturated heterocycles. The molecule has 4 rings (SSSR count). The summed E-state index contributed by atoms with van der Waals surface area (Å²) in [6.07, 6.45) is 0. The Hall–Kier alpha value is -2.09. The molecule has 0 spiro atoms. The van der Waals surface area contributed by atoms with Crippen LogP contribution < -0.4 is 9.64 Å². The highest BCUT2D eigenvalue weighted by atomic mass is 35.5. The third kappa shape index (κ3) is 3.70. The van der Waals surface area contributed by atoms with Crippen LogP contribution in [0.2, 0.25) is 5.02 Å². The molecule has 0 bridgehead atoms. The number of hydrogen-bond acceptors (Lipinski definition) is 6. The summed E-state index contributed by atoms with van der Waals surface area (Å²) in [7, 11) is 1.66. The Bertz CT molecular complexity index is 1080. The first-order valence-corrected chi connectivity index (χ1v) is 11.7. The molecule has 1 fully saturated rings. The van der Waals surface area contributed by atoms with E-state index >= 15 is 0 Å². The number of amidine groups is 1. The van der Waals surface area contributed by atoms with Gasteiger partial charge in [-0.1, -0.05) is 29.4 Å². The third-order valence-electron chi connectivity index (χ3n) is 4.98. The maximum Gasteiger partial charge on any atom is 0.269 e. The van der Waals surface area contributed by atoms with Crippen LogP contribution in [0.5, 0.6) is 5.75 Å². The van der Waals surface area contributed by atoms with Gasteiger partial charge in [-0.25, -0.2) is 4.99 Å². The smallest absolute Gasteiger partial charge is 0.269 e. The number of rotatable bonds is 4. The number of nitrogens with zero attached hydrogens (tertiary/aromatic N) is 3. The fraction of sp³-hybridized carbons (Fsp3) is 0.273. The van der Waals surface area contributed by atoms with Crippen LogP contribution in [-0.4, -0.2) is 36.2 Å². The molecule has 2 aliphatic rings. The highest BCUT2D eigenvalue weighted by molar-refractivity contribution is 8.19. The zero-order chi connectivity index (χ0) is 21.4. The van der Waals surface area contributed by atoms with Crippen molar-refractivity contribution in [3.63, 3.8) is 0 Å². The number of amides is 1. The first-order valence-electron chi connectivity index (χ1n) is 9.69. The van der Waals surface area contributed by atoms with Crippen LogP contribution in [0.15, 0.2) is 56.2 Å². The molecule has 0 N–H and O–H groups in total. The molecular weight excluding hydrogens is 438 g/mol. The lowest BCUT2D eigenvalue weighted by molar-refractivity contribution is -0.122. The highest BCUT2D eigenvalue weighted by Gasteiger charge is 2.39. The number of likely N-dealkylation sites (N-methyl/N-ethyl adjacent to an activating group) is 1. The lowest BCUT2D eigenvalue weighted by Gasteiger charge is -2.19. The number of carbonyl (C=O) groups is 1. The number of fused-ring (bicyclic) bond motifs is 1. The van der Waals surface area contributed by atoms with Gasteiger partial charge >= 0.3 is 0 Å². The Morgan fingerprint density at radius 1 is 1.07 bits per heavy atom. The van der Waals surface area contributed by atoms with E-state index in [1.165, 1.54) is 11.8 Å². The lowest BCUT2D eigenvalue weighted by Crippen LogP contribution is -2.29. The van der Waals surface area contributed by atoms with Gasteiger partial charge in [0.2, 0.25) is 0 Å². The summed E-state index contributed by atoms with van der Waals surface area (Å²) >= 11 is 9.30. The van der Waals surface area contributed by atoms with E-state index in [4.69, 9.17) is 21.3 Å². The molecule has 1 amide bonds. The lowest BCUT2D eigenvalue weighted by atomic mass is 10.2. The molecule has 2 heterocycles. The van der Waals surface area contributed by atoms with E-state index < -0.39 is 0 Å². The molecule has 5 nitrogen and oxygen atoms in total. The Balaban J connectivity index is 1.74. The number of aliphatic imine (C=N–C) groups is 1. The Morgan fingerprint density at radius 2 is 1.83 bits per heavy atom. The Kier molecular flexibility index (Phi) is 6.04. The molecule has 0 atom stereocenters. The van der Waals surface area contributed by atoms with Gasteiger partial charge in [-0.2, -0.15) is 0 Å². The summed E-state index contributed by atoms with van der Waals surface area (Å²) in [6, 6.07) is 11.7. The number of benzene rings is 2. The van der Waals surface area contributed by atoms with Gasteiger partial charge in [0.1, 0.15) is 15.7 Å². The number of ether oxygens (including phenoxy) is 1. The van der Waals surface area contributed by atoms with Crippen LogP contribution in [0, 0.1) is 6.92 Å². The molecule has 2 aromatic rings. The van der Waals surface area contributed by atoms with Crippen LogP contribution in [0.25, 0.3) is 0 Å². The van der Waals surface area contributed by atoms with E-state index in [1.807, 2.05) is 50.2 Å². The average molecular weight is 460 g/mol. The largest absolute Gasteiger partial charge is 0.497 e. The minimum absolute atomic E-state index is 0.0137. The number of anilines is 1. The van der Waals surface area contributed by atoms with Crippen molar-refractivity contribution in [2.75, 3.05) is 25.1 Å². The molecule has 0 radical (unpaired) electrons. The predicted octanol–water partition coefficient (Wildman–Crippen LogP) is 6.04. The van der Waals surface area contributed by atoms with Gasteiger partial charge in [-0.05, 0) is 62.4 Å². The van der Waals surface area contributed by atoms with E-state index in [1.54, 1.807) is 23.8 Å². The summed E-state index contributed by atoms with van der Waals surface area (Å²) in [5.74, 6) is 0.790. The molecule has 0 aliphatic carbocycles. The Labute approximate surface area is 190 Å². The molecule has 30 heavy (non-hydrogen) atoms. The number of carbonyl (C=O) groups excluding carboxylic acids is 1. The predicted molar refractivity (Wildman–Crippen MR) is 127 cm³/mol. The van der Waals surface area contributed by atoms with Crippen molar-refractivity contribution in [1.82, 2.24) is 4.90 Å². The fourth-order valence-corrected chi connectivity index (χ4v) is 5.94. The summed E-state index contributed by atoms with van der Waals surface area (Å²) in [5, 5.41) is 2.29. The molecule has 0 unspecified atom stereocenters. The summed E-state index contributed by atoms with van der Waals surface area (Å²) in [4.78, 5) is 23.7. The number of aryl methyl sites for hydroxylation is 1. The van der Waals surface area contributed by atoms with E-state index in [-0.39, 0.29) is 5.91 Å². The minimum atomic E-state index is -0.0137. The van der Waals surface area contributed by atoms with Gasteiger partial charge < -0.3 is 9.64 Å². The molecule has 2 aromatic carbocycles. The van der Waals surface area contributed by atoms with Crippen molar-refractivity contribution in [3.8, 4) is 5.75 Å². The van der Waals surface area contributed by atoms with E-state index in [0.717, 1.165) is 39.2 Å². The van der Waals surface area contributed by atoms with E-state index in [9.17, 15) is 4.79 Å². The molecule has 0 saturated carbocycles. The zero-order valence-electron chi connectivity index (χ0n) is 17.2. The molecule has 156 valence electrons. The fourth-order valence-electron chi connectivity index (χ4n) is 3.33. The molecular formula is C22H22ClN3O2S2. The van der Waals surface area contributed by atoms with Gasteiger partial charge in [0.25, 0.3) is 5.91 Å². The molecule has 8 heteroatoms. The monoisotopic (exact) mass is 459 g/mol. The van der Waals surface area contributed by atoms with Gasteiger partial charge in [0, 0.05) is 29.1 Å². The second-order valence-corrected chi connectivity index (χ2v) is 9.21. The second kappa shape index (κ2) is 8.57. The van der Waals surface area contributed by atoms with Crippen molar-refractivity contribution in [1.29, 1.82) is 0 Å². The standard InChI is InChI=1S/C22H22ClN3O2S2/c1-5-25-17-12-15(28-4)9-10-18(17)29-21(25)19-20(27)26(6-2)22(30-19)24-14-8-7-13(3)16(23)11-14/h7-12H,5-6H2,1-4H3/b21-19-,24-22?. The highest BCUT2D eigenvalue weighted by Crippen LogP contribution is 2.51. The van der Waals surface area contributed by atoms with Gasteiger partial charge in [0.05, 0.1) is 18.5 Å². The van der Waals surface area contributed by atoms with Gasteiger partial charge in [-0.15, -0.1) is 0 Å². The number of hydrogen-bond donors (Lipinski definition) is 0. The maximum absolute atomic E-state index is 13.3. The zero-order valence-corrected chi connectivity index (χ0v) is 19.6. The first kappa shape index (κ1) is 21.2. The van der Waals surface area contributed by atoms with E-state index in [2.05, 4.69) is 11.8 Å². The molecule has 0 aromatic heterocycles. The SMILES string of the molecule is CCN1C(=O)/C(=C2/Sc3ccc(OC)cc3N2CC)SC1=Nc1ccc(C)c(Cl)c1. The van der Waals surface area contributed by atoms with E-state index in [0.29, 0.717) is 21.6 Å². The van der Waals surface area contributed by atoms with Crippen molar-refractivity contribution in [2.24, 2.45) is 4.99 Å². The van der Waals surface area contributed by atoms with Gasteiger partial charge in [-0.3, -0.25) is 9.69 Å². The van der Waals surface area contributed by atoms with Crippen molar-refractivity contribution in [2.45, 2.75) is 25.7 Å². The summed E-state index contributed by atoms with van der Waals surface area (Å²) in [5.41, 5.74) is 2.81. The number of halogens is 1. The van der Waals surface area contributed by atoms with Crippen LogP contribution in [0.3, 0.4) is 0 Å². The Morgan fingerprint density at radius 3 is 2.50 bits per heavy atom. The van der Waals surface area contributed by atoms with Crippen LogP contribution in [0.1, 0.15) is 19.4 Å². The third-order valence-corrected chi connectivity index (χ3v) is 7.76. The molecule has 2 aliphatic heterocycles. The maximum atomic E-state index is 13.3. The van der Waals surface area contributed by atoms with Gasteiger partial charge in [0.15, 0.2) is 5.17 Å². The van der Waals surface area contributed by atoms with Crippen molar-refractivity contribution >= 4 is 57.6 Å². The summed E-state index contributed by atoms with van der Waals surface area (Å²) < 4.78 is 5.39. The topological polar surface area (TPSA) is 45.1 Å². The van der Waals surface area contributed by atoms with Crippen molar-refractivity contribution in [3.05, 3.63) is 56.9 Å². The number of thioether (sulfide) groups is 2. The number of methoxy groups -OCH3 is 1. The normalized spacial score (nSPS) is 19.8. The van der Waals surface area contributed by atoms with Crippen molar-refractivity contribution < 1.29 is 9.53 Å². The van der Waals surface area contributed by atoms with Crippen LogP contribution >= 0.6 is 35.1 Å². The van der Waals surface area contributed by atoms with Crippen LogP contribution in [-0.2, 0) is 4.79 Å². The van der Waals surface area contributed by atoms with Crippen LogP contribution in [0.4, 0.5) is 11.4 Å². The quantitative estimate of drug-likeness (QED) is 0.521.